The highest BCUT2D eigenvalue weighted by atomic mass is 16.7. The molecular weight excluding hydrogens is 610 g/mol. The van der Waals surface area contributed by atoms with Gasteiger partial charge in [0, 0.05) is 37.2 Å². The zero-order chi connectivity index (χ0) is 34.3. The number of nitrogens with one attached hydrogen (secondary N) is 2. The molecule has 49 heavy (non-hydrogen) atoms. The normalized spacial score (nSPS) is 19.9. The van der Waals surface area contributed by atoms with E-state index in [0.29, 0.717) is 13.1 Å². The van der Waals surface area contributed by atoms with Gasteiger partial charge in [-0.1, -0.05) is 104 Å². The zero-order valence-electron chi connectivity index (χ0n) is 28.8. The van der Waals surface area contributed by atoms with Crippen molar-refractivity contribution in [2.75, 3.05) is 20.1 Å². The maximum atomic E-state index is 12.0. The molecule has 0 unspecified atom stereocenters. The van der Waals surface area contributed by atoms with Gasteiger partial charge in [-0.25, -0.2) is 4.79 Å². The Bertz CT molecular complexity index is 1860. The molecule has 0 aliphatic carbocycles. The summed E-state index contributed by atoms with van der Waals surface area (Å²) in [6.45, 7) is 8.10. The summed E-state index contributed by atoms with van der Waals surface area (Å²) in [7, 11) is 2.17. The van der Waals surface area contributed by atoms with Crippen molar-refractivity contribution in [2.24, 2.45) is 5.92 Å². The highest BCUT2D eigenvalue weighted by Gasteiger charge is 2.39. The molecule has 1 saturated heterocycles. The summed E-state index contributed by atoms with van der Waals surface area (Å²) in [5, 5.41) is 17.8. The molecule has 7 heteroatoms. The van der Waals surface area contributed by atoms with Crippen LogP contribution in [-0.2, 0) is 22.6 Å². The minimum atomic E-state index is -0.573. The Labute approximate surface area is 289 Å². The summed E-state index contributed by atoms with van der Waals surface area (Å²) < 4.78 is 13.6. The molecule has 1 fully saturated rings. The van der Waals surface area contributed by atoms with E-state index in [1.807, 2.05) is 37.3 Å². The zero-order valence-corrected chi connectivity index (χ0v) is 28.8. The third-order valence-corrected chi connectivity index (χ3v) is 9.72. The number of aliphatic hydroxyl groups excluding tert-OH is 1. The van der Waals surface area contributed by atoms with Crippen LogP contribution in [0.25, 0.3) is 21.9 Å². The van der Waals surface area contributed by atoms with Gasteiger partial charge in [0.15, 0.2) is 6.29 Å². The van der Waals surface area contributed by atoms with E-state index < -0.39 is 6.29 Å². The second kappa shape index (κ2) is 15.8. The quantitative estimate of drug-likeness (QED) is 0.133. The summed E-state index contributed by atoms with van der Waals surface area (Å²) in [5.74, 6) is 0.0692. The van der Waals surface area contributed by atoms with Crippen molar-refractivity contribution in [1.82, 2.24) is 15.5 Å². The lowest BCUT2D eigenvalue weighted by Gasteiger charge is -2.43. The Hall–Kier alpha value is -4.53. The predicted molar refractivity (Wildman–Crippen MR) is 196 cm³/mol. The molecule has 7 nitrogen and oxygen atoms in total. The Morgan fingerprint density at radius 1 is 0.796 bits per heavy atom. The van der Waals surface area contributed by atoms with Crippen LogP contribution >= 0.6 is 0 Å². The lowest BCUT2D eigenvalue weighted by atomic mass is 9.89. The topological polar surface area (TPSA) is 83.1 Å². The Kier molecular flexibility index (Phi) is 11.1. The number of carbonyl (C=O) groups excluding carboxylic acids is 1. The van der Waals surface area contributed by atoms with E-state index in [1.54, 1.807) is 0 Å². The van der Waals surface area contributed by atoms with Gasteiger partial charge >= 0.3 is 6.03 Å². The SMILES string of the molecule is CCNC(=O)NCc1cccc(-c2cccc([C@@H]3O[C@H](CN(C)[C@H](C)c4ccc5ccccc5c4)[C@H](C)[C@H](c4ccc(CO)cc4)O3)c2)c1. The fourth-order valence-corrected chi connectivity index (χ4v) is 6.62. The molecule has 0 bridgehead atoms. The molecule has 5 atom stereocenters. The molecule has 3 N–H and O–H groups in total. The monoisotopic (exact) mass is 657 g/mol. The summed E-state index contributed by atoms with van der Waals surface area (Å²) in [6, 6.07) is 39.8. The first kappa shape index (κ1) is 34.3. The molecule has 0 saturated carbocycles. The molecule has 254 valence electrons. The molecule has 6 rings (SSSR count). The van der Waals surface area contributed by atoms with Crippen molar-refractivity contribution >= 4 is 16.8 Å². The van der Waals surface area contributed by atoms with E-state index in [2.05, 4.69) is 121 Å². The van der Waals surface area contributed by atoms with E-state index in [9.17, 15) is 9.90 Å². The van der Waals surface area contributed by atoms with Gasteiger partial charge in [0.2, 0.25) is 0 Å². The largest absolute Gasteiger partial charge is 0.392 e. The van der Waals surface area contributed by atoms with Crippen molar-refractivity contribution in [3.63, 3.8) is 0 Å². The van der Waals surface area contributed by atoms with Crippen molar-refractivity contribution in [2.45, 2.75) is 58.5 Å². The number of nitrogens with zero attached hydrogens (tertiary/aromatic N) is 1. The third kappa shape index (κ3) is 8.20. The number of carbonyl (C=O) groups is 1. The van der Waals surface area contributed by atoms with Gasteiger partial charge in [-0.3, -0.25) is 4.90 Å². The Balaban J connectivity index is 1.25. The number of aliphatic hydroxyl groups is 1. The molecule has 0 aromatic heterocycles. The van der Waals surface area contributed by atoms with E-state index in [-0.39, 0.29) is 36.8 Å². The molecule has 1 aliphatic rings. The smallest absolute Gasteiger partial charge is 0.315 e. The van der Waals surface area contributed by atoms with Gasteiger partial charge in [0.1, 0.15) is 0 Å². The van der Waals surface area contributed by atoms with Crippen LogP contribution in [0.15, 0.2) is 115 Å². The first-order valence-electron chi connectivity index (χ1n) is 17.2. The molecule has 1 aliphatic heterocycles. The minimum absolute atomic E-state index is 0.00314. The Morgan fingerprint density at radius 2 is 1.53 bits per heavy atom. The maximum Gasteiger partial charge on any atom is 0.315 e. The van der Waals surface area contributed by atoms with Crippen LogP contribution in [-0.4, -0.2) is 42.3 Å². The van der Waals surface area contributed by atoms with E-state index in [4.69, 9.17) is 9.47 Å². The standard InChI is InChI=1S/C42H47N3O4/c1-5-43-42(47)44-25-31-10-8-13-35(22-31)37-14-9-15-38(24-37)41-48-39(28(2)40(49-41)33-18-16-30(27-46)17-19-33)26-45(4)29(3)34-21-20-32-11-6-7-12-36(32)23-34/h6-24,28-29,39-41,46H,5,25-27H2,1-4H3,(H2,43,44,47)/t28-,29+,39+,40+,41+/m0/s1. The minimum Gasteiger partial charge on any atom is -0.392 e. The fourth-order valence-electron chi connectivity index (χ4n) is 6.62. The number of likely N-dealkylation sites (N-methyl/N-ethyl adjacent to an activating group) is 1. The molecule has 0 spiro atoms. The molecule has 2 amide bonds. The second-order valence-corrected chi connectivity index (χ2v) is 13.1. The van der Waals surface area contributed by atoms with Crippen molar-refractivity contribution < 1.29 is 19.4 Å². The van der Waals surface area contributed by atoms with Crippen LogP contribution in [0.4, 0.5) is 4.79 Å². The number of amides is 2. The van der Waals surface area contributed by atoms with Crippen molar-refractivity contribution in [3.8, 4) is 11.1 Å². The molecule has 5 aromatic carbocycles. The highest BCUT2D eigenvalue weighted by molar-refractivity contribution is 5.83. The van der Waals surface area contributed by atoms with Gasteiger partial charge in [-0.05, 0) is 83.2 Å². The van der Waals surface area contributed by atoms with Crippen molar-refractivity contribution in [3.05, 3.63) is 143 Å². The number of hydrogen-bond donors (Lipinski definition) is 3. The molecule has 1 heterocycles. The van der Waals surface area contributed by atoms with Crippen LogP contribution < -0.4 is 10.6 Å². The van der Waals surface area contributed by atoms with Crippen LogP contribution in [0.5, 0.6) is 0 Å². The number of ether oxygens (including phenoxy) is 2. The van der Waals surface area contributed by atoms with Gasteiger partial charge < -0.3 is 25.2 Å². The Morgan fingerprint density at radius 3 is 2.29 bits per heavy atom. The van der Waals surface area contributed by atoms with Crippen LogP contribution in [0.2, 0.25) is 0 Å². The summed E-state index contributed by atoms with van der Waals surface area (Å²) >= 11 is 0. The second-order valence-electron chi connectivity index (χ2n) is 13.1. The van der Waals surface area contributed by atoms with Crippen LogP contribution in [0.1, 0.15) is 67.0 Å². The lowest BCUT2D eigenvalue weighted by Crippen LogP contribution is -2.44. The van der Waals surface area contributed by atoms with Gasteiger partial charge in [-0.2, -0.15) is 0 Å². The first-order chi connectivity index (χ1) is 23.8. The molecule has 0 radical (unpaired) electrons. The van der Waals surface area contributed by atoms with Crippen LogP contribution in [0.3, 0.4) is 0 Å². The van der Waals surface area contributed by atoms with E-state index in [1.165, 1.54) is 16.3 Å². The van der Waals surface area contributed by atoms with Gasteiger partial charge in [0.05, 0.1) is 18.8 Å². The summed E-state index contributed by atoms with van der Waals surface area (Å²) in [5.41, 5.74) is 7.27. The predicted octanol–water partition coefficient (Wildman–Crippen LogP) is 8.30. The molecule has 5 aromatic rings. The number of rotatable bonds is 11. The number of urea groups is 1. The van der Waals surface area contributed by atoms with Gasteiger partial charge in [-0.15, -0.1) is 0 Å². The third-order valence-electron chi connectivity index (χ3n) is 9.72. The van der Waals surface area contributed by atoms with Crippen molar-refractivity contribution in [1.29, 1.82) is 0 Å². The average Bonchev–Trinajstić information content (AvgIpc) is 3.14. The van der Waals surface area contributed by atoms with Crippen LogP contribution in [0, 0.1) is 5.92 Å². The number of benzene rings is 5. The van der Waals surface area contributed by atoms with Gasteiger partial charge in [0.25, 0.3) is 0 Å². The summed E-state index contributed by atoms with van der Waals surface area (Å²) in [6.07, 6.45) is -0.884. The first-order valence-corrected chi connectivity index (χ1v) is 17.2. The van der Waals surface area contributed by atoms with E-state index in [0.717, 1.165) is 39.9 Å². The van der Waals surface area contributed by atoms with E-state index >= 15 is 0 Å². The summed E-state index contributed by atoms with van der Waals surface area (Å²) in [4.78, 5) is 14.3. The lowest BCUT2D eigenvalue weighted by molar-refractivity contribution is -0.276. The molecular formula is C42H47N3O4. The number of fused-ring (bicyclic) bond motifs is 1. The fraction of sp³-hybridized carbons (Fsp3) is 0.310. The number of hydrogen-bond acceptors (Lipinski definition) is 5. The highest BCUT2D eigenvalue weighted by Crippen LogP contribution is 2.43. The maximum absolute atomic E-state index is 12.0. The average molecular weight is 658 g/mol.